The number of anilines is 1. The molecule has 0 fully saturated rings. The Morgan fingerprint density at radius 1 is 0.955 bits per heavy atom. The lowest BCUT2D eigenvalue weighted by atomic mass is 10.1. The first-order valence-corrected chi connectivity index (χ1v) is 7.31. The number of hydrogen-bond acceptors (Lipinski definition) is 4. The van der Waals surface area contributed by atoms with Crippen LogP contribution in [-0.2, 0) is 6.42 Å². The van der Waals surface area contributed by atoms with E-state index in [9.17, 15) is 4.79 Å². The molecule has 0 saturated heterocycles. The Bertz CT molecular complexity index is 860. The summed E-state index contributed by atoms with van der Waals surface area (Å²) in [7, 11) is 0. The Kier molecular flexibility index (Phi) is 3.09. The number of carbonyl (C=O) groups is 1. The molecule has 1 atom stereocenters. The molecule has 1 unspecified atom stereocenters. The summed E-state index contributed by atoms with van der Waals surface area (Å²) in [5.74, 6) is 0.839. The number of nitrogens with one attached hydrogen (secondary N) is 2. The molecular formula is C18H15N3O. The minimum absolute atomic E-state index is 0.129. The lowest BCUT2D eigenvalue weighted by Crippen LogP contribution is -2.38. The third-order valence-corrected chi connectivity index (χ3v) is 4.00. The van der Waals surface area contributed by atoms with Crippen molar-refractivity contribution < 1.29 is 4.79 Å². The highest BCUT2D eigenvalue weighted by Crippen LogP contribution is 2.22. The zero-order chi connectivity index (χ0) is 14.9. The first-order valence-electron chi connectivity index (χ1n) is 7.31. The van der Waals surface area contributed by atoms with Crippen LogP contribution >= 0.6 is 0 Å². The predicted molar refractivity (Wildman–Crippen MR) is 86.8 cm³/mol. The molecule has 0 aliphatic heterocycles. The van der Waals surface area contributed by atoms with Crippen LogP contribution in [0.5, 0.6) is 0 Å². The van der Waals surface area contributed by atoms with Crippen LogP contribution in [0.25, 0.3) is 10.9 Å². The lowest BCUT2D eigenvalue weighted by Gasteiger charge is -2.13. The zero-order valence-corrected chi connectivity index (χ0v) is 11.9. The fourth-order valence-electron chi connectivity index (χ4n) is 2.85. The molecule has 1 aliphatic rings. The van der Waals surface area contributed by atoms with Gasteiger partial charge in [0.2, 0.25) is 0 Å². The van der Waals surface area contributed by atoms with Crippen molar-refractivity contribution >= 4 is 22.5 Å². The molecule has 0 amide bonds. The molecule has 1 aliphatic carbocycles. The number of hydrazine groups is 1. The summed E-state index contributed by atoms with van der Waals surface area (Å²) in [5.41, 5.74) is 8.99. The first kappa shape index (κ1) is 13.0. The molecule has 108 valence electrons. The van der Waals surface area contributed by atoms with Gasteiger partial charge in [0.15, 0.2) is 5.78 Å². The molecule has 3 aromatic rings. The van der Waals surface area contributed by atoms with E-state index in [4.69, 9.17) is 0 Å². The second-order valence-corrected chi connectivity index (χ2v) is 5.44. The number of ketones is 1. The SMILES string of the molecule is O=C1c2ccccc2CC1NNc1ccc2ccccc2n1. The fraction of sp³-hybridized carbons (Fsp3) is 0.111. The van der Waals surface area contributed by atoms with Gasteiger partial charge in [0.25, 0.3) is 0 Å². The van der Waals surface area contributed by atoms with Crippen LogP contribution in [0.3, 0.4) is 0 Å². The Hall–Kier alpha value is -2.72. The van der Waals surface area contributed by atoms with Crippen LogP contribution in [-0.4, -0.2) is 16.8 Å². The maximum absolute atomic E-state index is 12.3. The average Bonchev–Trinajstić information content (AvgIpc) is 2.89. The van der Waals surface area contributed by atoms with Gasteiger partial charge in [-0.25, -0.2) is 10.4 Å². The third kappa shape index (κ3) is 2.23. The minimum Gasteiger partial charge on any atom is -0.305 e. The van der Waals surface area contributed by atoms with E-state index in [0.717, 1.165) is 22.0 Å². The molecule has 1 heterocycles. The number of aromatic nitrogens is 1. The van der Waals surface area contributed by atoms with Gasteiger partial charge in [-0.05, 0) is 30.2 Å². The van der Waals surface area contributed by atoms with Crippen molar-refractivity contribution in [3.8, 4) is 0 Å². The maximum Gasteiger partial charge on any atom is 0.182 e. The van der Waals surface area contributed by atoms with E-state index in [-0.39, 0.29) is 11.8 Å². The highest BCUT2D eigenvalue weighted by Gasteiger charge is 2.29. The van der Waals surface area contributed by atoms with Crippen LogP contribution in [0.2, 0.25) is 0 Å². The fourth-order valence-corrected chi connectivity index (χ4v) is 2.85. The molecule has 0 radical (unpaired) electrons. The highest BCUT2D eigenvalue weighted by atomic mass is 16.1. The Labute approximate surface area is 128 Å². The number of pyridine rings is 1. The van der Waals surface area contributed by atoms with E-state index in [1.54, 1.807) is 0 Å². The van der Waals surface area contributed by atoms with Gasteiger partial charge in [-0.3, -0.25) is 4.79 Å². The topological polar surface area (TPSA) is 54.0 Å². The molecule has 4 nitrogen and oxygen atoms in total. The average molecular weight is 289 g/mol. The Balaban J connectivity index is 1.50. The van der Waals surface area contributed by atoms with Crippen molar-refractivity contribution in [1.29, 1.82) is 0 Å². The molecule has 2 aromatic carbocycles. The van der Waals surface area contributed by atoms with Crippen molar-refractivity contribution in [2.75, 3.05) is 5.43 Å². The number of benzene rings is 2. The molecule has 4 heteroatoms. The second kappa shape index (κ2) is 5.24. The lowest BCUT2D eigenvalue weighted by molar-refractivity contribution is 0.0961. The zero-order valence-electron chi connectivity index (χ0n) is 11.9. The number of hydrogen-bond donors (Lipinski definition) is 2. The van der Waals surface area contributed by atoms with E-state index in [2.05, 4.69) is 15.8 Å². The summed E-state index contributed by atoms with van der Waals surface area (Å²) in [6.45, 7) is 0. The van der Waals surface area contributed by atoms with Gasteiger partial charge in [0.05, 0.1) is 11.6 Å². The smallest absolute Gasteiger partial charge is 0.182 e. The van der Waals surface area contributed by atoms with Crippen LogP contribution in [0.15, 0.2) is 60.7 Å². The van der Waals surface area contributed by atoms with Gasteiger partial charge in [-0.2, -0.15) is 0 Å². The van der Waals surface area contributed by atoms with E-state index >= 15 is 0 Å². The van der Waals surface area contributed by atoms with Crippen LogP contribution in [0.4, 0.5) is 5.82 Å². The van der Waals surface area contributed by atoms with E-state index in [1.807, 2.05) is 60.7 Å². The summed E-state index contributed by atoms with van der Waals surface area (Å²) < 4.78 is 0. The molecule has 22 heavy (non-hydrogen) atoms. The van der Waals surface area contributed by atoms with Gasteiger partial charge in [0, 0.05) is 10.9 Å². The molecule has 0 bridgehead atoms. The van der Waals surface area contributed by atoms with Crippen molar-refractivity contribution in [2.24, 2.45) is 0 Å². The third-order valence-electron chi connectivity index (χ3n) is 4.00. The van der Waals surface area contributed by atoms with Crippen molar-refractivity contribution in [3.63, 3.8) is 0 Å². The van der Waals surface area contributed by atoms with Gasteiger partial charge in [0.1, 0.15) is 5.82 Å². The number of carbonyl (C=O) groups excluding carboxylic acids is 1. The summed E-state index contributed by atoms with van der Waals surface area (Å²) in [4.78, 5) is 16.8. The van der Waals surface area contributed by atoms with Crippen LogP contribution in [0.1, 0.15) is 15.9 Å². The van der Waals surface area contributed by atoms with Gasteiger partial charge in [-0.1, -0.05) is 42.5 Å². The maximum atomic E-state index is 12.3. The Morgan fingerprint density at radius 3 is 2.68 bits per heavy atom. The summed E-state index contributed by atoms with van der Waals surface area (Å²) in [5, 5.41) is 1.09. The second-order valence-electron chi connectivity index (χ2n) is 5.44. The van der Waals surface area contributed by atoms with Gasteiger partial charge < -0.3 is 5.43 Å². The van der Waals surface area contributed by atoms with E-state index in [1.165, 1.54) is 0 Å². The molecule has 0 saturated carbocycles. The molecule has 0 spiro atoms. The summed E-state index contributed by atoms with van der Waals surface area (Å²) in [6, 6.07) is 19.4. The van der Waals surface area contributed by atoms with E-state index < -0.39 is 0 Å². The minimum atomic E-state index is -0.245. The molecule has 2 N–H and O–H groups in total. The molecule has 1 aromatic heterocycles. The van der Waals surface area contributed by atoms with E-state index in [0.29, 0.717) is 12.2 Å². The number of Topliss-reactive ketones (excluding diaryl/α,β-unsaturated/α-hetero) is 1. The highest BCUT2D eigenvalue weighted by molar-refractivity contribution is 6.04. The van der Waals surface area contributed by atoms with Gasteiger partial charge >= 0.3 is 0 Å². The van der Waals surface area contributed by atoms with Crippen LogP contribution in [0, 0.1) is 0 Å². The van der Waals surface area contributed by atoms with Crippen molar-refractivity contribution in [3.05, 3.63) is 71.8 Å². The predicted octanol–water partition coefficient (Wildman–Crippen LogP) is 2.96. The number of para-hydroxylation sites is 1. The first-order chi connectivity index (χ1) is 10.8. The van der Waals surface area contributed by atoms with Crippen molar-refractivity contribution in [2.45, 2.75) is 12.5 Å². The Morgan fingerprint density at radius 2 is 1.77 bits per heavy atom. The van der Waals surface area contributed by atoms with Crippen molar-refractivity contribution in [1.82, 2.24) is 10.4 Å². The molecular weight excluding hydrogens is 274 g/mol. The quantitative estimate of drug-likeness (QED) is 0.728. The largest absolute Gasteiger partial charge is 0.305 e. The number of rotatable bonds is 3. The monoisotopic (exact) mass is 289 g/mol. The van der Waals surface area contributed by atoms with Gasteiger partial charge in [-0.15, -0.1) is 0 Å². The summed E-state index contributed by atoms with van der Waals surface area (Å²) in [6.07, 6.45) is 0.704. The normalized spacial score (nSPS) is 16.7. The summed E-state index contributed by atoms with van der Waals surface area (Å²) >= 11 is 0. The standard InChI is InChI=1S/C18H15N3O/c22-18-14-7-3-1-6-13(14)11-16(18)20-21-17-10-9-12-5-2-4-8-15(12)19-17/h1-10,16,20H,11H2,(H,19,21). The number of fused-ring (bicyclic) bond motifs is 2. The van der Waals surface area contributed by atoms with Crippen LogP contribution < -0.4 is 10.9 Å². The molecule has 4 rings (SSSR count). The number of nitrogens with zero attached hydrogens (tertiary/aromatic N) is 1.